The van der Waals surface area contributed by atoms with Crippen molar-refractivity contribution in [1.29, 1.82) is 0 Å². The van der Waals surface area contributed by atoms with Crippen LogP contribution in [0.15, 0.2) is 51.1 Å². The van der Waals surface area contributed by atoms with Gasteiger partial charge in [-0.1, -0.05) is 23.8 Å². The number of hydrogen-bond donors (Lipinski definition) is 0. The maximum absolute atomic E-state index is 12.8. The number of rotatable bonds is 5. The first-order valence-electron chi connectivity index (χ1n) is 8.68. The lowest BCUT2D eigenvalue weighted by atomic mass is 10.2. The highest BCUT2D eigenvalue weighted by molar-refractivity contribution is 7.89. The van der Waals surface area contributed by atoms with Gasteiger partial charge in [-0.05, 0) is 30.5 Å². The van der Waals surface area contributed by atoms with E-state index in [0.717, 1.165) is 10.4 Å². The molecular formula is C18H20N4O3S2. The van der Waals surface area contributed by atoms with Crippen LogP contribution in [0.2, 0.25) is 0 Å². The van der Waals surface area contributed by atoms with E-state index in [9.17, 15) is 8.42 Å². The van der Waals surface area contributed by atoms with E-state index in [1.54, 1.807) is 27.8 Å². The monoisotopic (exact) mass is 404 g/mol. The lowest BCUT2D eigenvalue weighted by molar-refractivity contribution is 0.168. The molecule has 0 unspecified atom stereocenters. The predicted octanol–water partition coefficient (Wildman–Crippen LogP) is 2.61. The van der Waals surface area contributed by atoms with Gasteiger partial charge in [0, 0.05) is 26.2 Å². The number of thiophene rings is 1. The molecule has 1 aliphatic rings. The number of benzene rings is 1. The zero-order chi connectivity index (χ0) is 18.9. The number of piperazine rings is 1. The van der Waals surface area contributed by atoms with Crippen LogP contribution in [0.5, 0.6) is 0 Å². The third kappa shape index (κ3) is 3.96. The van der Waals surface area contributed by atoms with Crippen LogP contribution in [0, 0.1) is 6.92 Å². The van der Waals surface area contributed by atoms with E-state index in [-0.39, 0.29) is 0 Å². The van der Waals surface area contributed by atoms with Crippen molar-refractivity contribution >= 4 is 21.4 Å². The SMILES string of the molecule is Cc1ccc(S(=O)(=O)N2CCN(Cc3nnc(-c4cccs4)o3)CC2)cc1. The summed E-state index contributed by atoms with van der Waals surface area (Å²) in [7, 11) is -3.44. The summed E-state index contributed by atoms with van der Waals surface area (Å²) >= 11 is 1.55. The molecule has 3 heterocycles. The Morgan fingerprint density at radius 3 is 2.48 bits per heavy atom. The molecule has 2 aromatic heterocycles. The molecule has 3 aromatic rings. The highest BCUT2D eigenvalue weighted by atomic mass is 32.2. The first-order valence-corrected chi connectivity index (χ1v) is 11.0. The lowest BCUT2D eigenvalue weighted by Crippen LogP contribution is -2.48. The van der Waals surface area contributed by atoms with Crippen molar-refractivity contribution in [2.24, 2.45) is 0 Å². The van der Waals surface area contributed by atoms with Gasteiger partial charge >= 0.3 is 0 Å². The smallest absolute Gasteiger partial charge is 0.257 e. The van der Waals surface area contributed by atoms with Crippen LogP contribution in [-0.4, -0.2) is 54.0 Å². The maximum Gasteiger partial charge on any atom is 0.257 e. The van der Waals surface area contributed by atoms with Crippen LogP contribution in [0.1, 0.15) is 11.5 Å². The van der Waals surface area contributed by atoms with Crippen LogP contribution < -0.4 is 0 Å². The minimum atomic E-state index is -3.44. The fourth-order valence-electron chi connectivity index (χ4n) is 3.00. The number of aromatic nitrogens is 2. The topological polar surface area (TPSA) is 79.5 Å². The normalized spacial score (nSPS) is 16.6. The van der Waals surface area contributed by atoms with Crippen molar-refractivity contribution in [3.8, 4) is 10.8 Å². The van der Waals surface area contributed by atoms with E-state index >= 15 is 0 Å². The molecule has 1 fully saturated rings. The van der Waals surface area contributed by atoms with Gasteiger partial charge in [-0.2, -0.15) is 4.31 Å². The van der Waals surface area contributed by atoms with Crippen molar-refractivity contribution in [1.82, 2.24) is 19.4 Å². The minimum Gasteiger partial charge on any atom is -0.419 e. The highest BCUT2D eigenvalue weighted by Gasteiger charge is 2.29. The molecule has 27 heavy (non-hydrogen) atoms. The molecular weight excluding hydrogens is 384 g/mol. The van der Waals surface area contributed by atoms with E-state index in [2.05, 4.69) is 15.1 Å². The Kier molecular flexibility index (Phi) is 5.09. The standard InChI is InChI=1S/C18H20N4O3S2/c1-14-4-6-15(7-5-14)27(23,24)22-10-8-21(9-11-22)13-17-19-20-18(25-17)16-3-2-12-26-16/h2-7,12H,8-11,13H2,1H3. The zero-order valence-electron chi connectivity index (χ0n) is 14.9. The number of hydrogen-bond acceptors (Lipinski definition) is 7. The van der Waals surface area contributed by atoms with Gasteiger partial charge in [0.2, 0.25) is 15.9 Å². The molecule has 0 saturated carbocycles. The summed E-state index contributed by atoms with van der Waals surface area (Å²) in [6, 6.07) is 10.9. The Labute approximate surface area is 162 Å². The molecule has 0 radical (unpaired) electrons. The second kappa shape index (κ2) is 7.51. The van der Waals surface area contributed by atoms with Gasteiger partial charge in [0.25, 0.3) is 5.89 Å². The Hall–Kier alpha value is -2.07. The molecule has 9 heteroatoms. The summed E-state index contributed by atoms with van der Waals surface area (Å²) in [4.78, 5) is 3.43. The molecule has 0 bridgehead atoms. The quantitative estimate of drug-likeness (QED) is 0.650. The van der Waals surface area contributed by atoms with Crippen molar-refractivity contribution in [3.63, 3.8) is 0 Å². The van der Waals surface area contributed by atoms with Gasteiger partial charge in [0.05, 0.1) is 16.3 Å². The molecule has 4 rings (SSSR count). The van der Waals surface area contributed by atoms with Gasteiger partial charge in [0.1, 0.15) is 0 Å². The number of aryl methyl sites for hydroxylation is 1. The molecule has 0 aliphatic carbocycles. The average Bonchev–Trinajstić information content (AvgIpc) is 3.34. The van der Waals surface area contributed by atoms with Crippen LogP contribution in [-0.2, 0) is 16.6 Å². The van der Waals surface area contributed by atoms with Gasteiger partial charge in [0.15, 0.2) is 0 Å². The van der Waals surface area contributed by atoms with E-state index in [1.165, 1.54) is 0 Å². The van der Waals surface area contributed by atoms with E-state index in [4.69, 9.17) is 4.42 Å². The molecule has 1 saturated heterocycles. The molecule has 0 spiro atoms. The second-order valence-corrected chi connectivity index (χ2v) is 9.36. The molecule has 1 aliphatic heterocycles. The number of sulfonamides is 1. The minimum absolute atomic E-state index is 0.346. The molecule has 7 nitrogen and oxygen atoms in total. The van der Waals surface area contributed by atoms with Gasteiger partial charge in [-0.15, -0.1) is 21.5 Å². The second-order valence-electron chi connectivity index (χ2n) is 6.47. The van der Waals surface area contributed by atoms with E-state index in [0.29, 0.717) is 49.4 Å². The highest BCUT2D eigenvalue weighted by Crippen LogP contribution is 2.24. The van der Waals surface area contributed by atoms with Gasteiger partial charge < -0.3 is 4.42 Å². The van der Waals surface area contributed by atoms with Gasteiger partial charge in [-0.25, -0.2) is 8.42 Å². The van der Waals surface area contributed by atoms with Gasteiger partial charge in [-0.3, -0.25) is 4.90 Å². The van der Waals surface area contributed by atoms with Crippen molar-refractivity contribution in [2.45, 2.75) is 18.4 Å². The fraction of sp³-hybridized carbons (Fsp3) is 0.333. The Morgan fingerprint density at radius 1 is 1.07 bits per heavy atom. The summed E-state index contributed by atoms with van der Waals surface area (Å²) < 4.78 is 32.8. The van der Waals surface area contributed by atoms with E-state index < -0.39 is 10.0 Å². The van der Waals surface area contributed by atoms with Crippen molar-refractivity contribution in [2.75, 3.05) is 26.2 Å². The first-order chi connectivity index (χ1) is 13.0. The lowest BCUT2D eigenvalue weighted by Gasteiger charge is -2.33. The zero-order valence-corrected chi connectivity index (χ0v) is 16.5. The Balaban J connectivity index is 1.37. The van der Waals surface area contributed by atoms with Crippen LogP contribution in [0.25, 0.3) is 10.8 Å². The predicted molar refractivity (Wildman–Crippen MR) is 103 cm³/mol. The summed E-state index contributed by atoms with van der Waals surface area (Å²) in [6.45, 7) is 4.61. The molecule has 1 aromatic carbocycles. The maximum atomic E-state index is 12.8. The average molecular weight is 405 g/mol. The number of nitrogens with zero attached hydrogens (tertiary/aromatic N) is 4. The van der Waals surface area contributed by atoms with Crippen molar-refractivity contribution in [3.05, 3.63) is 53.2 Å². The van der Waals surface area contributed by atoms with Crippen molar-refractivity contribution < 1.29 is 12.8 Å². The summed E-state index contributed by atoms with van der Waals surface area (Å²) in [5.74, 6) is 1.08. The Bertz CT molecular complexity index is 990. The summed E-state index contributed by atoms with van der Waals surface area (Å²) in [5.41, 5.74) is 1.04. The fourth-order valence-corrected chi connectivity index (χ4v) is 5.06. The summed E-state index contributed by atoms with van der Waals surface area (Å²) in [5, 5.41) is 10.2. The van der Waals surface area contributed by atoms with Crippen LogP contribution in [0.3, 0.4) is 0 Å². The summed E-state index contributed by atoms with van der Waals surface area (Å²) in [6.07, 6.45) is 0. The van der Waals surface area contributed by atoms with Crippen LogP contribution >= 0.6 is 11.3 Å². The largest absolute Gasteiger partial charge is 0.419 e. The third-order valence-electron chi connectivity index (χ3n) is 4.55. The Morgan fingerprint density at radius 2 is 1.81 bits per heavy atom. The molecule has 142 valence electrons. The molecule has 0 amide bonds. The molecule has 0 atom stereocenters. The third-order valence-corrected chi connectivity index (χ3v) is 7.32. The van der Waals surface area contributed by atoms with E-state index in [1.807, 2.05) is 36.6 Å². The van der Waals surface area contributed by atoms with Crippen LogP contribution in [0.4, 0.5) is 0 Å². The first kappa shape index (κ1) is 18.3. The molecule has 0 N–H and O–H groups in total.